The first-order chi connectivity index (χ1) is 15.3. The van der Waals surface area contributed by atoms with Crippen molar-refractivity contribution in [1.29, 1.82) is 0 Å². The molecule has 0 spiro atoms. The van der Waals surface area contributed by atoms with Crippen LogP contribution in [0.3, 0.4) is 0 Å². The Labute approximate surface area is 181 Å². The summed E-state index contributed by atoms with van der Waals surface area (Å²) in [7, 11) is 0. The Morgan fingerprint density at radius 1 is 0.871 bits per heavy atom. The number of aryl methyl sites for hydroxylation is 1. The first-order valence-corrected chi connectivity index (χ1v) is 10.7. The molecule has 6 rings (SSSR count). The van der Waals surface area contributed by atoms with E-state index < -0.39 is 0 Å². The van der Waals surface area contributed by atoms with Crippen LogP contribution in [-0.2, 0) is 6.42 Å². The van der Waals surface area contributed by atoms with Gasteiger partial charge in [-0.25, -0.2) is 4.99 Å². The van der Waals surface area contributed by atoms with Crippen LogP contribution >= 0.6 is 0 Å². The van der Waals surface area contributed by atoms with Gasteiger partial charge in [0.05, 0.1) is 23.4 Å². The molecule has 4 aromatic rings. The number of benzene rings is 2. The van der Waals surface area contributed by atoms with Crippen molar-refractivity contribution in [1.82, 2.24) is 4.98 Å². The highest BCUT2D eigenvalue weighted by atomic mass is 16.3. The van der Waals surface area contributed by atoms with E-state index in [1.165, 1.54) is 22.3 Å². The highest BCUT2D eigenvalue weighted by molar-refractivity contribution is 6.18. The van der Waals surface area contributed by atoms with Gasteiger partial charge in [0.2, 0.25) is 0 Å². The molecule has 31 heavy (non-hydrogen) atoms. The van der Waals surface area contributed by atoms with Crippen LogP contribution in [-0.4, -0.2) is 10.7 Å². The molecule has 0 unspecified atom stereocenters. The number of fused-ring (bicyclic) bond motifs is 3. The van der Waals surface area contributed by atoms with E-state index in [4.69, 9.17) is 9.41 Å². The Balaban J connectivity index is 1.58. The quantitative estimate of drug-likeness (QED) is 0.402. The zero-order valence-electron chi connectivity index (χ0n) is 17.4. The maximum absolute atomic E-state index is 5.60. The molecule has 150 valence electrons. The molecule has 1 aliphatic carbocycles. The van der Waals surface area contributed by atoms with E-state index in [2.05, 4.69) is 78.6 Å². The van der Waals surface area contributed by atoms with Crippen molar-refractivity contribution in [3.63, 3.8) is 0 Å². The molecule has 3 nitrogen and oxygen atoms in total. The lowest BCUT2D eigenvalue weighted by Crippen LogP contribution is -2.13. The Morgan fingerprint density at radius 2 is 1.71 bits per heavy atom. The van der Waals surface area contributed by atoms with Crippen LogP contribution < -0.4 is 0 Å². The molecule has 0 radical (unpaired) electrons. The second-order valence-electron chi connectivity index (χ2n) is 8.07. The summed E-state index contributed by atoms with van der Waals surface area (Å²) in [4.78, 5) is 8.80. The predicted molar refractivity (Wildman–Crippen MR) is 125 cm³/mol. The molecule has 1 N–H and O–H groups in total. The summed E-state index contributed by atoms with van der Waals surface area (Å²) in [5.74, 6) is 0.832. The van der Waals surface area contributed by atoms with Crippen LogP contribution in [0.1, 0.15) is 35.7 Å². The summed E-state index contributed by atoms with van der Waals surface area (Å²) in [5, 5.41) is 0. The average Bonchev–Trinajstić information content (AvgIpc) is 3.56. The van der Waals surface area contributed by atoms with Crippen LogP contribution in [0.25, 0.3) is 17.0 Å². The van der Waals surface area contributed by atoms with E-state index in [-0.39, 0.29) is 0 Å². The van der Waals surface area contributed by atoms with Gasteiger partial charge in [-0.05, 0) is 66.3 Å². The third-order valence-electron chi connectivity index (χ3n) is 6.28. The molecule has 2 aromatic heterocycles. The number of nitrogens with zero attached hydrogens (tertiary/aromatic N) is 1. The maximum atomic E-state index is 5.60. The Kier molecular flexibility index (Phi) is 4.13. The van der Waals surface area contributed by atoms with Crippen LogP contribution in [0.2, 0.25) is 0 Å². The van der Waals surface area contributed by atoms with Gasteiger partial charge in [0.25, 0.3) is 0 Å². The Hall–Kier alpha value is -3.85. The number of aromatic nitrogens is 1. The molecule has 3 heteroatoms. The van der Waals surface area contributed by atoms with E-state index in [1.54, 1.807) is 6.26 Å². The van der Waals surface area contributed by atoms with Crippen LogP contribution in [0.15, 0.2) is 111 Å². The molecule has 3 heterocycles. The first-order valence-electron chi connectivity index (χ1n) is 10.7. The normalized spacial score (nSPS) is 16.7. The van der Waals surface area contributed by atoms with Crippen molar-refractivity contribution in [2.24, 2.45) is 4.99 Å². The van der Waals surface area contributed by atoms with Gasteiger partial charge in [0.15, 0.2) is 0 Å². The molecule has 0 fully saturated rings. The number of rotatable bonds is 3. The number of nitrogens with one attached hydrogen (secondary N) is 1. The smallest absolute Gasteiger partial charge is 0.150 e. The van der Waals surface area contributed by atoms with Gasteiger partial charge in [-0.15, -0.1) is 0 Å². The summed E-state index contributed by atoms with van der Waals surface area (Å²) >= 11 is 0. The van der Waals surface area contributed by atoms with Crippen molar-refractivity contribution in [3.8, 4) is 11.5 Å². The molecular formula is C28H22N2O. The zero-order valence-corrected chi connectivity index (χ0v) is 17.4. The molecule has 0 saturated carbocycles. The summed E-state index contributed by atoms with van der Waals surface area (Å²) < 4.78 is 5.60. The molecule has 0 bridgehead atoms. The number of hydrogen-bond acceptors (Lipinski definition) is 2. The van der Waals surface area contributed by atoms with Gasteiger partial charge < -0.3 is 9.40 Å². The summed E-state index contributed by atoms with van der Waals surface area (Å²) in [6, 6.07) is 27.3. The lowest BCUT2D eigenvalue weighted by Gasteiger charge is -2.18. The highest BCUT2D eigenvalue weighted by Gasteiger charge is 2.29. The van der Waals surface area contributed by atoms with Crippen molar-refractivity contribution >= 4 is 11.3 Å². The fraction of sp³-hybridized carbons (Fsp3) is 0.107. The van der Waals surface area contributed by atoms with Crippen molar-refractivity contribution in [2.45, 2.75) is 19.8 Å². The molecule has 1 aliphatic heterocycles. The van der Waals surface area contributed by atoms with Gasteiger partial charge >= 0.3 is 0 Å². The average molecular weight is 402 g/mol. The minimum atomic E-state index is 0.832. The third kappa shape index (κ3) is 2.93. The number of hydrogen-bond donors (Lipinski definition) is 1. The zero-order chi connectivity index (χ0) is 20.8. The molecule has 0 amide bonds. The largest absolute Gasteiger partial charge is 0.463 e. The minimum absolute atomic E-state index is 0.832. The lowest BCUT2D eigenvalue weighted by molar-refractivity contribution is 0.580. The third-order valence-corrected chi connectivity index (χ3v) is 6.28. The lowest BCUT2D eigenvalue weighted by atomic mass is 9.85. The second-order valence-corrected chi connectivity index (χ2v) is 8.07. The predicted octanol–water partition coefficient (Wildman–Crippen LogP) is 6.80. The van der Waals surface area contributed by atoms with E-state index in [1.807, 2.05) is 12.1 Å². The SMILES string of the molecule is CC1=C2CCc3ccccc3C2=N/C1=C(/c1ccccc1)c1ccc(-c2ccco2)[nH]1. The number of H-pyrrole nitrogens is 1. The number of allylic oxidation sites excluding steroid dienone is 2. The number of aromatic amines is 1. The number of furan rings is 1. The van der Waals surface area contributed by atoms with E-state index in [9.17, 15) is 0 Å². The standard InChI is InChI=1S/C28H22N2O/c1-18-21-14-13-19-8-5-6-11-22(19)28(21)30-27(18)26(20-9-3-2-4-10-20)24-16-15-23(29-24)25-12-7-17-31-25/h2-12,15-17,29H,13-14H2,1H3/b27-26-. The van der Waals surface area contributed by atoms with Gasteiger partial charge in [-0.1, -0.05) is 54.6 Å². The van der Waals surface area contributed by atoms with Gasteiger partial charge in [0.1, 0.15) is 5.76 Å². The van der Waals surface area contributed by atoms with Gasteiger partial charge in [-0.2, -0.15) is 0 Å². The Morgan fingerprint density at radius 3 is 2.55 bits per heavy atom. The van der Waals surface area contributed by atoms with E-state index >= 15 is 0 Å². The summed E-state index contributed by atoms with van der Waals surface area (Å²) in [5.41, 5.74) is 11.8. The van der Waals surface area contributed by atoms with Crippen molar-refractivity contribution < 1.29 is 4.42 Å². The fourth-order valence-corrected chi connectivity index (χ4v) is 4.73. The molecular weight excluding hydrogens is 380 g/mol. The van der Waals surface area contributed by atoms with Crippen LogP contribution in [0.5, 0.6) is 0 Å². The van der Waals surface area contributed by atoms with E-state index in [0.717, 1.165) is 52.5 Å². The van der Waals surface area contributed by atoms with E-state index in [0.29, 0.717) is 0 Å². The fourth-order valence-electron chi connectivity index (χ4n) is 4.73. The molecule has 2 aliphatic rings. The summed E-state index contributed by atoms with van der Waals surface area (Å²) in [6.45, 7) is 2.22. The minimum Gasteiger partial charge on any atom is -0.463 e. The van der Waals surface area contributed by atoms with Gasteiger partial charge in [0, 0.05) is 16.8 Å². The second kappa shape index (κ2) is 7.13. The highest BCUT2D eigenvalue weighted by Crippen LogP contribution is 2.41. The number of aliphatic imine (C=N–C) groups is 1. The maximum Gasteiger partial charge on any atom is 0.150 e. The van der Waals surface area contributed by atoms with Crippen LogP contribution in [0.4, 0.5) is 0 Å². The topological polar surface area (TPSA) is 41.3 Å². The molecule has 0 saturated heterocycles. The van der Waals surface area contributed by atoms with Gasteiger partial charge in [-0.3, -0.25) is 0 Å². The molecule has 0 atom stereocenters. The van der Waals surface area contributed by atoms with Crippen LogP contribution in [0, 0.1) is 0 Å². The summed E-state index contributed by atoms with van der Waals surface area (Å²) in [6.07, 6.45) is 3.81. The molecule has 2 aromatic carbocycles. The van der Waals surface area contributed by atoms with Crippen molar-refractivity contribution in [2.75, 3.05) is 0 Å². The monoisotopic (exact) mass is 402 g/mol. The Bertz CT molecular complexity index is 1370. The first kappa shape index (κ1) is 18.0. The van der Waals surface area contributed by atoms with Crippen molar-refractivity contribution in [3.05, 3.63) is 124 Å².